The summed E-state index contributed by atoms with van der Waals surface area (Å²) in [6.45, 7) is 6.21. The molecule has 0 bridgehead atoms. The first-order valence-corrected chi connectivity index (χ1v) is 10.6. The highest BCUT2D eigenvalue weighted by atomic mass is 16.5. The molecule has 9 nitrogen and oxygen atoms in total. The van der Waals surface area contributed by atoms with Crippen LogP contribution >= 0.6 is 0 Å². The fourth-order valence-electron chi connectivity index (χ4n) is 3.48. The van der Waals surface area contributed by atoms with E-state index in [1.165, 1.54) is 0 Å². The van der Waals surface area contributed by atoms with Crippen LogP contribution in [0.2, 0.25) is 0 Å². The molecule has 0 saturated heterocycles. The van der Waals surface area contributed by atoms with E-state index in [0.29, 0.717) is 41.8 Å². The number of nitrogens with zero attached hydrogens (tertiary/aromatic N) is 2. The Morgan fingerprint density at radius 1 is 1.12 bits per heavy atom. The van der Waals surface area contributed by atoms with Gasteiger partial charge in [0.25, 0.3) is 11.8 Å². The van der Waals surface area contributed by atoms with Crippen LogP contribution in [0, 0.1) is 13.8 Å². The van der Waals surface area contributed by atoms with E-state index in [4.69, 9.17) is 18.7 Å². The van der Waals surface area contributed by atoms with Gasteiger partial charge in [0.15, 0.2) is 13.2 Å². The van der Waals surface area contributed by atoms with Crippen LogP contribution in [-0.2, 0) is 16.1 Å². The number of aromatic nitrogens is 1. The van der Waals surface area contributed by atoms with Crippen LogP contribution in [-0.4, -0.2) is 36.8 Å². The Balaban J connectivity index is 1.43. The number of hydrogen-bond donors (Lipinski definition) is 1. The lowest BCUT2D eigenvalue weighted by Gasteiger charge is -2.29. The molecule has 4 rings (SSSR count). The minimum atomic E-state index is -0.329. The molecule has 2 heterocycles. The van der Waals surface area contributed by atoms with E-state index in [0.717, 1.165) is 17.0 Å². The fourth-order valence-corrected chi connectivity index (χ4v) is 3.48. The molecule has 0 atom stereocenters. The number of aryl methyl sites for hydroxylation is 2. The zero-order valence-electron chi connectivity index (χ0n) is 18.7. The number of amides is 2. The molecule has 1 aliphatic rings. The van der Waals surface area contributed by atoms with Crippen molar-refractivity contribution in [1.82, 2.24) is 5.16 Å². The standard InChI is InChI=1S/C24H25N3O6/c1-4-30-18-6-8-19(9-7-18)31-13-23(28)25-17-5-10-22-21(11-17)27(24(29)14-32-22)12-20-15(2)26-33-16(20)3/h5-11H,4,12-14H2,1-3H3,(H,25,28). The first-order valence-electron chi connectivity index (χ1n) is 10.6. The Kier molecular flexibility index (Phi) is 6.48. The molecule has 9 heteroatoms. The van der Waals surface area contributed by atoms with Crippen molar-refractivity contribution in [2.45, 2.75) is 27.3 Å². The van der Waals surface area contributed by atoms with E-state index < -0.39 is 0 Å². The quantitative estimate of drug-likeness (QED) is 0.558. The first-order chi connectivity index (χ1) is 15.9. The molecule has 0 fully saturated rings. The van der Waals surface area contributed by atoms with E-state index in [-0.39, 0.29) is 25.0 Å². The van der Waals surface area contributed by atoms with Crippen LogP contribution < -0.4 is 24.4 Å². The summed E-state index contributed by atoms with van der Waals surface area (Å²) in [6, 6.07) is 12.2. The third-order valence-electron chi connectivity index (χ3n) is 5.19. The zero-order valence-corrected chi connectivity index (χ0v) is 18.7. The Morgan fingerprint density at radius 3 is 2.52 bits per heavy atom. The van der Waals surface area contributed by atoms with E-state index in [1.54, 1.807) is 47.4 Å². The number of benzene rings is 2. The number of anilines is 2. The second-order valence-electron chi connectivity index (χ2n) is 7.50. The summed E-state index contributed by atoms with van der Waals surface area (Å²) < 4.78 is 21.7. The van der Waals surface area contributed by atoms with Gasteiger partial charge in [-0.05, 0) is 63.2 Å². The van der Waals surface area contributed by atoms with Crippen LogP contribution in [0.25, 0.3) is 0 Å². The summed E-state index contributed by atoms with van der Waals surface area (Å²) in [7, 11) is 0. The summed E-state index contributed by atoms with van der Waals surface area (Å²) in [4.78, 5) is 26.6. The fraction of sp³-hybridized carbons (Fsp3) is 0.292. The Hall–Kier alpha value is -4.01. The molecule has 33 heavy (non-hydrogen) atoms. The number of nitrogens with one attached hydrogen (secondary N) is 1. The van der Waals surface area contributed by atoms with E-state index >= 15 is 0 Å². The van der Waals surface area contributed by atoms with E-state index in [1.807, 2.05) is 20.8 Å². The third-order valence-corrected chi connectivity index (χ3v) is 5.19. The monoisotopic (exact) mass is 451 g/mol. The highest BCUT2D eigenvalue weighted by molar-refractivity contribution is 5.99. The Bertz CT molecular complexity index is 1140. The van der Waals surface area contributed by atoms with Crippen LogP contribution in [0.4, 0.5) is 11.4 Å². The van der Waals surface area contributed by atoms with Crippen LogP contribution in [0.5, 0.6) is 17.2 Å². The summed E-state index contributed by atoms with van der Waals surface area (Å²) in [6.07, 6.45) is 0. The largest absolute Gasteiger partial charge is 0.494 e. The van der Waals surface area contributed by atoms with E-state index in [2.05, 4.69) is 10.5 Å². The summed E-state index contributed by atoms with van der Waals surface area (Å²) in [5, 5.41) is 6.75. The van der Waals surface area contributed by atoms with Crippen molar-refractivity contribution in [2.24, 2.45) is 0 Å². The van der Waals surface area contributed by atoms with Gasteiger partial charge in [-0.1, -0.05) is 5.16 Å². The SMILES string of the molecule is CCOc1ccc(OCC(=O)Nc2ccc3c(c2)N(Cc2c(C)noc2C)C(=O)CO3)cc1. The summed E-state index contributed by atoms with van der Waals surface area (Å²) in [5.74, 6) is 1.99. The Labute approximate surface area is 191 Å². The highest BCUT2D eigenvalue weighted by Gasteiger charge is 2.28. The molecule has 2 aromatic carbocycles. The minimum absolute atomic E-state index is 0.0575. The average Bonchev–Trinajstić information content (AvgIpc) is 3.12. The molecule has 3 aromatic rings. The van der Waals surface area contributed by atoms with Crippen molar-refractivity contribution in [3.8, 4) is 17.2 Å². The van der Waals surface area contributed by atoms with Crippen molar-refractivity contribution < 1.29 is 28.3 Å². The van der Waals surface area contributed by atoms with Crippen molar-refractivity contribution in [2.75, 3.05) is 30.0 Å². The predicted octanol–water partition coefficient (Wildman–Crippen LogP) is 3.63. The molecule has 1 N–H and O–H groups in total. The summed E-state index contributed by atoms with van der Waals surface area (Å²) >= 11 is 0. The van der Waals surface area contributed by atoms with Gasteiger partial charge in [0.05, 0.1) is 24.5 Å². The predicted molar refractivity (Wildman–Crippen MR) is 121 cm³/mol. The maximum Gasteiger partial charge on any atom is 0.265 e. The summed E-state index contributed by atoms with van der Waals surface area (Å²) in [5.41, 5.74) is 2.66. The molecule has 0 aliphatic carbocycles. The first kappa shape index (κ1) is 22.2. The molecule has 0 unspecified atom stereocenters. The normalized spacial score (nSPS) is 12.7. The van der Waals surface area contributed by atoms with Gasteiger partial charge < -0.3 is 29.0 Å². The maximum absolute atomic E-state index is 12.6. The lowest BCUT2D eigenvalue weighted by molar-refractivity contribution is -0.121. The second kappa shape index (κ2) is 9.64. The number of ether oxygens (including phenoxy) is 3. The van der Waals surface area contributed by atoms with Crippen molar-refractivity contribution >= 4 is 23.2 Å². The topological polar surface area (TPSA) is 103 Å². The van der Waals surface area contributed by atoms with Crippen LogP contribution in [0.1, 0.15) is 23.9 Å². The number of fused-ring (bicyclic) bond motifs is 1. The maximum atomic E-state index is 12.6. The van der Waals surface area contributed by atoms with Crippen molar-refractivity contribution in [1.29, 1.82) is 0 Å². The number of carbonyl (C=O) groups excluding carboxylic acids is 2. The molecule has 1 aliphatic heterocycles. The smallest absolute Gasteiger partial charge is 0.265 e. The van der Waals surface area contributed by atoms with Crippen molar-refractivity contribution in [3.05, 3.63) is 59.5 Å². The number of carbonyl (C=O) groups is 2. The molecule has 1 aromatic heterocycles. The second-order valence-corrected chi connectivity index (χ2v) is 7.50. The molecule has 0 saturated carbocycles. The van der Waals surface area contributed by atoms with Gasteiger partial charge in [-0.25, -0.2) is 0 Å². The van der Waals surface area contributed by atoms with Gasteiger partial charge in [-0.3, -0.25) is 9.59 Å². The molecule has 2 amide bonds. The third kappa shape index (κ3) is 5.08. The van der Waals surface area contributed by atoms with Gasteiger partial charge in [-0.15, -0.1) is 0 Å². The van der Waals surface area contributed by atoms with Crippen LogP contribution in [0.3, 0.4) is 0 Å². The highest BCUT2D eigenvalue weighted by Crippen LogP contribution is 2.36. The Morgan fingerprint density at radius 2 is 1.85 bits per heavy atom. The lowest BCUT2D eigenvalue weighted by atomic mass is 10.1. The molecular weight excluding hydrogens is 426 g/mol. The average molecular weight is 451 g/mol. The molecule has 172 valence electrons. The molecule has 0 spiro atoms. The van der Waals surface area contributed by atoms with Crippen LogP contribution in [0.15, 0.2) is 47.0 Å². The number of rotatable bonds is 8. The molecule has 0 radical (unpaired) electrons. The van der Waals surface area contributed by atoms with Gasteiger partial charge in [0, 0.05) is 11.3 Å². The number of hydrogen-bond acceptors (Lipinski definition) is 7. The minimum Gasteiger partial charge on any atom is -0.494 e. The van der Waals surface area contributed by atoms with Gasteiger partial charge in [-0.2, -0.15) is 0 Å². The van der Waals surface area contributed by atoms with Crippen molar-refractivity contribution in [3.63, 3.8) is 0 Å². The van der Waals surface area contributed by atoms with Gasteiger partial charge >= 0.3 is 0 Å². The zero-order chi connectivity index (χ0) is 23.4. The lowest BCUT2D eigenvalue weighted by Crippen LogP contribution is -2.38. The van der Waals surface area contributed by atoms with Gasteiger partial charge in [0.1, 0.15) is 23.0 Å². The van der Waals surface area contributed by atoms with E-state index in [9.17, 15) is 9.59 Å². The molecular formula is C24H25N3O6. The van der Waals surface area contributed by atoms with Gasteiger partial charge in [0.2, 0.25) is 0 Å².